The van der Waals surface area contributed by atoms with Crippen molar-refractivity contribution in [3.63, 3.8) is 0 Å². The summed E-state index contributed by atoms with van der Waals surface area (Å²) in [5, 5.41) is 12.2. The minimum absolute atomic E-state index is 0.0181. The average Bonchev–Trinajstić information content (AvgIpc) is 2.71. The van der Waals surface area contributed by atoms with E-state index in [1.807, 2.05) is 30.3 Å². The van der Waals surface area contributed by atoms with Crippen LogP contribution >= 0.6 is 0 Å². The zero-order valence-electron chi connectivity index (χ0n) is 15.9. The van der Waals surface area contributed by atoms with Gasteiger partial charge in [-0.25, -0.2) is 0 Å². The number of nitrogens with one attached hydrogen (secondary N) is 1. The molecule has 1 N–H and O–H groups in total. The lowest BCUT2D eigenvalue weighted by Crippen LogP contribution is -2.17. The van der Waals surface area contributed by atoms with Gasteiger partial charge in [0.2, 0.25) is 0 Å². The van der Waals surface area contributed by atoms with Crippen molar-refractivity contribution < 1.29 is 19.0 Å². The molecule has 0 spiro atoms. The summed E-state index contributed by atoms with van der Waals surface area (Å²) in [5.74, 6) is 1.70. The summed E-state index contributed by atoms with van der Waals surface area (Å²) in [6.45, 7) is 5.62. The number of carbonyl (C=O) groups is 1. The molecule has 0 fully saturated rings. The van der Waals surface area contributed by atoms with E-state index in [9.17, 15) is 10.1 Å². The molecule has 6 nitrogen and oxygen atoms in total. The number of rotatable bonds is 6. The monoisotopic (exact) mass is 378 g/mol. The molecule has 3 rings (SSSR count). The lowest BCUT2D eigenvalue weighted by atomic mass is 10.1. The summed E-state index contributed by atoms with van der Waals surface area (Å²) >= 11 is 0. The second kappa shape index (κ2) is 8.96. The van der Waals surface area contributed by atoms with E-state index in [0.29, 0.717) is 54.2 Å². The first-order chi connectivity index (χ1) is 13.6. The lowest BCUT2D eigenvalue weighted by Gasteiger charge is -2.19. The van der Waals surface area contributed by atoms with Gasteiger partial charge in [0.25, 0.3) is 5.91 Å². The number of nitriles is 1. The second-order valence-electron chi connectivity index (χ2n) is 6.73. The number of para-hydroxylation sites is 1. The largest absolute Gasteiger partial charge is 0.493 e. The third-order valence-electron chi connectivity index (χ3n) is 3.96. The molecule has 1 heterocycles. The van der Waals surface area contributed by atoms with Crippen LogP contribution in [0.2, 0.25) is 0 Å². The highest BCUT2D eigenvalue weighted by molar-refractivity contribution is 6.10. The van der Waals surface area contributed by atoms with Crippen molar-refractivity contribution in [2.24, 2.45) is 5.92 Å². The Hall–Kier alpha value is -3.46. The second-order valence-corrected chi connectivity index (χ2v) is 6.73. The number of carbonyl (C=O) groups excluding carboxylic acids is 1. The number of ether oxygens (including phenoxy) is 3. The molecule has 0 unspecified atom stereocenters. The van der Waals surface area contributed by atoms with E-state index >= 15 is 0 Å². The van der Waals surface area contributed by atoms with Crippen LogP contribution in [0.3, 0.4) is 0 Å². The molecule has 6 heteroatoms. The van der Waals surface area contributed by atoms with Crippen LogP contribution in [0.4, 0.5) is 5.69 Å². The van der Waals surface area contributed by atoms with Gasteiger partial charge < -0.3 is 19.5 Å². The summed E-state index contributed by atoms with van der Waals surface area (Å²) in [7, 11) is 0. The van der Waals surface area contributed by atoms with Gasteiger partial charge in [0.05, 0.1) is 6.61 Å². The quantitative estimate of drug-likeness (QED) is 0.606. The Labute approximate surface area is 164 Å². The first-order valence-electron chi connectivity index (χ1n) is 9.11. The molecule has 0 radical (unpaired) electrons. The molecule has 0 aliphatic carbocycles. The molecule has 0 saturated carbocycles. The van der Waals surface area contributed by atoms with Crippen molar-refractivity contribution in [1.29, 1.82) is 5.26 Å². The molecule has 2 aromatic carbocycles. The smallest absolute Gasteiger partial charge is 0.266 e. The molecular weight excluding hydrogens is 356 g/mol. The van der Waals surface area contributed by atoms with Gasteiger partial charge in [-0.15, -0.1) is 0 Å². The molecular formula is C22H22N2O4. The number of fused-ring (bicyclic) bond motifs is 1. The first kappa shape index (κ1) is 19.3. The molecule has 144 valence electrons. The third kappa shape index (κ3) is 4.83. The van der Waals surface area contributed by atoms with E-state index in [1.165, 1.54) is 6.08 Å². The van der Waals surface area contributed by atoms with Crippen molar-refractivity contribution in [3.05, 3.63) is 53.6 Å². The minimum atomic E-state index is -0.502. The Morgan fingerprint density at radius 2 is 1.96 bits per heavy atom. The summed E-state index contributed by atoms with van der Waals surface area (Å²) in [4.78, 5) is 12.6. The van der Waals surface area contributed by atoms with Crippen molar-refractivity contribution in [1.82, 2.24) is 0 Å². The van der Waals surface area contributed by atoms with E-state index in [-0.39, 0.29) is 5.57 Å². The average molecular weight is 378 g/mol. The van der Waals surface area contributed by atoms with Crippen molar-refractivity contribution >= 4 is 17.7 Å². The van der Waals surface area contributed by atoms with Crippen LogP contribution in [0, 0.1) is 17.2 Å². The predicted molar refractivity (Wildman–Crippen MR) is 106 cm³/mol. The highest BCUT2D eigenvalue weighted by atomic mass is 16.6. The summed E-state index contributed by atoms with van der Waals surface area (Å²) < 4.78 is 16.8. The molecule has 1 aliphatic heterocycles. The number of amides is 1. The van der Waals surface area contributed by atoms with E-state index in [1.54, 1.807) is 18.2 Å². The fourth-order valence-electron chi connectivity index (χ4n) is 2.61. The highest BCUT2D eigenvalue weighted by Crippen LogP contribution is 2.32. The topological polar surface area (TPSA) is 80.6 Å². The highest BCUT2D eigenvalue weighted by Gasteiger charge is 2.15. The maximum absolute atomic E-state index is 12.6. The number of hydrogen-bond acceptors (Lipinski definition) is 5. The third-order valence-corrected chi connectivity index (χ3v) is 3.96. The maximum atomic E-state index is 12.6. The van der Waals surface area contributed by atoms with Gasteiger partial charge >= 0.3 is 0 Å². The van der Waals surface area contributed by atoms with Crippen molar-refractivity contribution in [2.45, 2.75) is 13.8 Å². The van der Waals surface area contributed by atoms with E-state index < -0.39 is 5.91 Å². The van der Waals surface area contributed by atoms with Gasteiger partial charge in [0, 0.05) is 17.3 Å². The Balaban J connectivity index is 1.78. The van der Waals surface area contributed by atoms with Gasteiger partial charge in [-0.1, -0.05) is 32.0 Å². The van der Waals surface area contributed by atoms with Crippen LogP contribution in [-0.4, -0.2) is 25.7 Å². The molecule has 1 amide bonds. The standard InChI is InChI=1S/C22H22N2O4/c1-15(2)14-28-19-6-4-3-5-16(19)11-17(13-23)22(25)24-18-7-8-20-21(12-18)27-10-9-26-20/h3-8,11-12,15H,9-10,14H2,1-2H3,(H,24,25). The Bertz CT molecular complexity index is 928. The van der Waals surface area contributed by atoms with Gasteiger partial charge in [-0.3, -0.25) is 4.79 Å². The van der Waals surface area contributed by atoms with E-state index in [2.05, 4.69) is 19.2 Å². The molecule has 1 aliphatic rings. The van der Waals surface area contributed by atoms with Gasteiger partial charge in [0.15, 0.2) is 11.5 Å². The number of hydrogen-bond donors (Lipinski definition) is 1. The first-order valence-corrected chi connectivity index (χ1v) is 9.11. The van der Waals surface area contributed by atoms with Gasteiger partial charge in [-0.2, -0.15) is 5.26 Å². The fourth-order valence-corrected chi connectivity index (χ4v) is 2.61. The Morgan fingerprint density at radius 1 is 1.21 bits per heavy atom. The summed E-state index contributed by atoms with van der Waals surface area (Å²) in [6, 6.07) is 14.4. The van der Waals surface area contributed by atoms with Crippen LogP contribution in [0.5, 0.6) is 17.2 Å². The molecule has 28 heavy (non-hydrogen) atoms. The molecule has 0 saturated heterocycles. The zero-order valence-corrected chi connectivity index (χ0v) is 15.9. The normalized spacial score (nSPS) is 13.0. The van der Waals surface area contributed by atoms with Crippen LogP contribution < -0.4 is 19.5 Å². The Kier molecular flexibility index (Phi) is 6.18. The molecule has 2 aromatic rings. The van der Waals surface area contributed by atoms with Crippen LogP contribution in [-0.2, 0) is 4.79 Å². The van der Waals surface area contributed by atoms with Crippen LogP contribution in [0.1, 0.15) is 19.4 Å². The van der Waals surface area contributed by atoms with Crippen LogP contribution in [0.15, 0.2) is 48.0 Å². The molecule has 0 bridgehead atoms. The Morgan fingerprint density at radius 3 is 2.71 bits per heavy atom. The fraction of sp³-hybridized carbons (Fsp3) is 0.273. The SMILES string of the molecule is CC(C)COc1ccccc1C=C(C#N)C(=O)Nc1ccc2c(c1)OCCO2. The minimum Gasteiger partial charge on any atom is -0.493 e. The summed E-state index contributed by atoms with van der Waals surface area (Å²) in [6.07, 6.45) is 1.53. The predicted octanol–water partition coefficient (Wildman–Crippen LogP) is 4.04. The van der Waals surface area contributed by atoms with Gasteiger partial charge in [0.1, 0.15) is 30.6 Å². The maximum Gasteiger partial charge on any atom is 0.266 e. The lowest BCUT2D eigenvalue weighted by molar-refractivity contribution is -0.112. The molecule has 0 atom stereocenters. The van der Waals surface area contributed by atoms with Crippen LogP contribution in [0.25, 0.3) is 6.08 Å². The zero-order chi connectivity index (χ0) is 19.9. The van der Waals surface area contributed by atoms with Gasteiger partial charge in [-0.05, 0) is 30.2 Å². The number of benzene rings is 2. The summed E-state index contributed by atoms with van der Waals surface area (Å²) in [5.41, 5.74) is 1.19. The van der Waals surface area contributed by atoms with Crippen molar-refractivity contribution in [2.75, 3.05) is 25.1 Å². The van der Waals surface area contributed by atoms with Crippen molar-refractivity contribution in [3.8, 4) is 23.3 Å². The molecule has 0 aromatic heterocycles. The van der Waals surface area contributed by atoms with E-state index in [0.717, 1.165) is 0 Å². The number of anilines is 1. The van der Waals surface area contributed by atoms with E-state index in [4.69, 9.17) is 14.2 Å². The number of nitrogens with zero attached hydrogens (tertiary/aromatic N) is 1.